The van der Waals surface area contributed by atoms with Crippen molar-refractivity contribution in [1.29, 1.82) is 0 Å². The summed E-state index contributed by atoms with van der Waals surface area (Å²) in [6, 6.07) is 6.34. The first-order chi connectivity index (χ1) is 8.66. The third-order valence-corrected chi connectivity index (χ3v) is 2.45. The number of aromatic nitrogens is 4. The van der Waals surface area contributed by atoms with E-state index in [-0.39, 0.29) is 25.2 Å². The van der Waals surface area contributed by atoms with E-state index in [2.05, 4.69) is 15.5 Å². The minimum Gasteiger partial charge on any atom is -0.481 e. The molecule has 0 unspecified atom stereocenters. The number of carboxylic acids is 1. The normalized spacial score (nSPS) is 10.5. The molecule has 0 atom stereocenters. The molecular weight excluding hydrogens is 239 g/mol. The van der Waals surface area contributed by atoms with E-state index >= 15 is 0 Å². The van der Waals surface area contributed by atoms with Crippen molar-refractivity contribution in [3.63, 3.8) is 0 Å². The van der Waals surface area contributed by atoms with Crippen LogP contribution in [0.5, 0.6) is 0 Å². The minimum atomic E-state index is -0.928. The van der Waals surface area contributed by atoms with Gasteiger partial charge in [-0.3, -0.25) is 4.79 Å². The Morgan fingerprint density at radius 3 is 2.89 bits per heavy atom. The molecule has 2 aromatic rings. The highest BCUT2D eigenvalue weighted by Crippen LogP contribution is 2.10. The van der Waals surface area contributed by atoms with Crippen LogP contribution in [0.4, 0.5) is 4.39 Å². The second-order valence-corrected chi connectivity index (χ2v) is 3.73. The van der Waals surface area contributed by atoms with Crippen molar-refractivity contribution in [2.75, 3.05) is 0 Å². The van der Waals surface area contributed by atoms with E-state index < -0.39 is 5.97 Å². The Morgan fingerprint density at radius 2 is 2.17 bits per heavy atom. The van der Waals surface area contributed by atoms with Gasteiger partial charge in [-0.05, 0) is 22.1 Å². The number of aliphatic carboxylic acids is 1. The second kappa shape index (κ2) is 5.35. The minimum absolute atomic E-state index is 0.0741. The molecule has 1 N–H and O–H groups in total. The topological polar surface area (TPSA) is 80.9 Å². The Balaban J connectivity index is 2.12. The Bertz CT molecular complexity index is 555. The molecule has 1 aromatic heterocycles. The molecule has 94 valence electrons. The fourth-order valence-corrected chi connectivity index (χ4v) is 1.54. The van der Waals surface area contributed by atoms with Gasteiger partial charge in [-0.1, -0.05) is 18.2 Å². The van der Waals surface area contributed by atoms with Gasteiger partial charge >= 0.3 is 5.97 Å². The molecule has 1 heterocycles. The number of nitrogens with zero attached hydrogens (tertiary/aromatic N) is 4. The molecule has 7 heteroatoms. The molecule has 0 spiro atoms. The summed E-state index contributed by atoms with van der Waals surface area (Å²) in [6.45, 7) is 0.173. The van der Waals surface area contributed by atoms with Gasteiger partial charge in [-0.25, -0.2) is 9.07 Å². The van der Waals surface area contributed by atoms with Gasteiger partial charge in [-0.2, -0.15) is 0 Å². The van der Waals surface area contributed by atoms with Gasteiger partial charge in [0.1, 0.15) is 5.82 Å². The van der Waals surface area contributed by atoms with Crippen molar-refractivity contribution in [3.05, 3.63) is 41.5 Å². The maximum absolute atomic E-state index is 13.5. The van der Waals surface area contributed by atoms with Crippen LogP contribution in [-0.2, 0) is 17.8 Å². The van der Waals surface area contributed by atoms with Gasteiger partial charge in [0, 0.05) is 6.42 Å². The van der Waals surface area contributed by atoms with Crippen LogP contribution in [0.2, 0.25) is 0 Å². The lowest BCUT2D eigenvalue weighted by Gasteiger charge is -2.03. The zero-order chi connectivity index (χ0) is 13.0. The van der Waals surface area contributed by atoms with E-state index in [4.69, 9.17) is 5.11 Å². The largest absolute Gasteiger partial charge is 0.481 e. The van der Waals surface area contributed by atoms with E-state index in [1.807, 2.05) is 0 Å². The molecule has 1 aromatic carbocycles. The molecular formula is C11H11FN4O2. The zero-order valence-corrected chi connectivity index (χ0v) is 9.45. The summed E-state index contributed by atoms with van der Waals surface area (Å²) >= 11 is 0. The van der Waals surface area contributed by atoms with E-state index in [0.717, 1.165) is 0 Å². The molecule has 0 fully saturated rings. The lowest BCUT2D eigenvalue weighted by Crippen LogP contribution is -2.10. The molecule has 2 rings (SSSR count). The molecule has 0 aliphatic rings. The first-order valence-electron chi connectivity index (χ1n) is 5.37. The van der Waals surface area contributed by atoms with Crippen molar-refractivity contribution in [1.82, 2.24) is 20.2 Å². The average Bonchev–Trinajstić information content (AvgIpc) is 2.77. The molecule has 0 bridgehead atoms. The quantitative estimate of drug-likeness (QED) is 0.851. The number of hydrogen-bond acceptors (Lipinski definition) is 4. The summed E-state index contributed by atoms with van der Waals surface area (Å²) in [5.41, 5.74) is 0.476. The first kappa shape index (κ1) is 12.2. The van der Waals surface area contributed by atoms with E-state index in [0.29, 0.717) is 11.4 Å². The number of rotatable bonds is 5. The second-order valence-electron chi connectivity index (χ2n) is 3.73. The van der Waals surface area contributed by atoms with E-state index in [9.17, 15) is 9.18 Å². The lowest BCUT2D eigenvalue weighted by molar-refractivity contribution is -0.137. The summed E-state index contributed by atoms with van der Waals surface area (Å²) in [6.07, 6.45) is 0.161. The summed E-state index contributed by atoms with van der Waals surface area (Å²) in [5, 5.41) is 19.5. The molecule has 6 nitrogen and oxygen atoms in total. The number of carboxylic acid groups (broad SMARTS) is 1. The Morgan fingerprint density at radius 1 is 1.39 bits per heavy atom. The highest BCUT2D eigenvalue weighted by molar-refractivity contribution is 5.66. The number of hydrogen-bond donors (Lipinski definition) is 1. The molecule has 0 saturated heterocycles. The van der Waals surface area contributed by atoms with Crippen molar-refractivity contribution >= 4 is 5.97 Å². The fraction of sp³-hybridized carbons (Fsp3) is 0.273. The molecule has 0 amide bonds. The van der Waals surface area contributed by atoms with Gasteiger partial charge in [-0.15, -0.1) is 5.10 Å². The smallest absolute Gasteiger partial charge is 0.305 e. The highest BCUT2D eigenvalue weighted by Gasteiger charge is 2.10. The van der Waals surface area contributed by atoms with Crippen molar-refractivity contribution in [3.8, 4) is 0 Å². The van der Waals surface area contributed by atoms with Crippen molar-refractivity contribution in [2.45, 2.75) is 19.4 Å². The van der Waals surface area contributed by atoms with Crippen LogP contribution >= 0.6 is 0 Å². The van der Waals surface area contributed by atoms with Gasteiger partial charge in [0.05, 0.1) is 13.0 Å². The van der Waals surface area contributed by atoms with Crippen molar-refractivity contribution in [2.24, 2.45) is 0 Å². The van der Waals surface area contributed by atoms with Crippen LogP contribution in [0.15, 0.2) is 24.3 Å². The summed E-state index contributed by atoms with van der Waals surface area (Å²) in [4.78, 5) is 10.5. The van der Waals surface area contributed by atoms with Gasteiger partial charge < -0.3 is 5.11 Å². The van der Waals surface area contributed by atoms with Crippen LogP contribution in [0, 0.1) is 5.82 Å². The number of tetrazole rings is 1. The van der Waals surface area contributed by atoms with Gasteiger partial charge in [0.15, 0.2) is 5.82 Å². The maximum Gasteiger partial charge on any atom is 0.305 e. The van der Waals surface area contributed by atoms with Crippen LogP contribution in [0.1, 0.15) is 17.8 Å². The van der Waals surface area contributed by atoms with Crippen molar-refractivity contribution < 1.29 is 14.3 Å². The van der Waals surface area contributed by atoms with Gasteiger partial charge in [0.25, 0.3) is 0 Å². The number of aryl methyl sites for hydroxylation is 1. The van der Waals surface area contributed by atoms with Crippen LogP contribution in [-0.4, -0.2) is 31.3 Å². The third kappa shape index (κ3) is 2.88. The van der Waals surface area contributed by atoms with Crippen LogP contribution in [0.3, 0.4) is 0 Å². The van der Waals surface area contributed by atoms with E-state index in [1.165, 1.54) is 10.7 Å². The lowest BCUT2D eigenvalue weighted by atomic mass is 10.1. The fourth-order valence-electron chi connectivity index (χ4n) is 1.54. The molecule has 0 aliphatic heterocycles. The highest BCUT2D eigenvalue weighted by atomic mass is 19.1. The molecule has 0 radical (unpaired) electrons. The monoisotopic (exact) mass is 250 g/mol. The Hall–Kier alpha value is -2.31. The summed E-state index contributed by atoms with van der Waals surface area (Å²) in [5.74, 6) is -0.811. The number of halogens is 1. The standard InChI is InChI=1S/C11H11FN4O2/c12-9-4-2-1-3-8(9)7-10-13-14-15-16(10)6-5-11(17)18/h1-4H,5-7H2,(H,17,18). The maximum atomic E-state index is 13.5. The summed E-state index contributed by atoms with van der Waals surface area (Å²) in [7, 11) is 0. The van der Waals surface area contributed by atoms with E-state index in [1.54, 1.807) is 18.2 Å². The molecule has 18 heavy (non-hydrogen) atoms. The zero-order valence-electron chi connectivity index (χ0n) is 9.45. The molecule has 0 aliphatic carbocycles. The average molecular weight is 250 g/mol. The third-order valence-electron chi connectivity index (χ3n) is 2.45. The van der Waals surface area contributed by atoms with Crippen LogP contribution in [0.25, 0.3) is 0 Å². The predicted molar refractivity (Wildman–Crippen MR) is 59.3 cm³/mol. The Labute approximate surface area is 102 Å². The number of benzene rings is 1. The number of carbonyl (C=O) groups is 1. The first-order valence-corrected chi connectivity index (χ1v) is 5.37. The van der Waals surface area contributed by atoms with Gasteiger partial charge in [0.2, 0.25) is 0 Å². The summed E-state index contributed by atoms with van der Waals surface area (Å²) < 4.78 is 14.8. The van der Waals surface area contributed by atoms with Crippen LogP contribution < -0.4 is 0 Å². The molecule has 0 saturated carbocycles. The Kier molecular flexibility index (Phi) is 3.61. The predicted octanol–water partition coefficient (Wildman–Crippen LogP) is 0.878. The SMILES string of the molecule is O=C(O)CCn1nnnc1Cc1ccccc1F.